The fraction of sp³-hybridized carbons (Fsp3) is 1.00. The molecule has 0 spiro atoms. The van der Waals surface area contributed by atoms with E-state index in [1.165, 1.54) is 25.7 Å². The van der Waals surface area contributed by atoms with Crippen molar-refractivity contribution >= 4 is 8.25 Å². The van der Waals surface area contributed by atoms with Gasteiger partial charge in [-0.1, -0.05) is 39.0 Å². The van der Waals surface area contributed by atoms with Crippen LogP contribution in [0.5, 0.6) is 0 Å². The molecule has 0 N–H and O–H groups in total. The molecule has 72 valence electrons. The Hall–Kier alpha value is 1.66. The SMILES string of the molecule is CCCCCCCCO[P+](=O)[O-].[K+]. The molecule has 0 radical (unpaired) electrons. The topological polar surface area (TPSA) is 49.4 Å². The van der Waals surface area contributed by atoms with E-state index in [0.717, 1.165) is 12.8 Å². The summed E-state index contributed by atoms with van der Waals surface area (Å²) in [4.78, 5) is 9.95. The molecule has 0 saturated heterocycles. The molecular weight excluding hydrogens is 214 g/mol. The fourth-order valence-electron chi connectivity index (χ4n) is 1.02. The van der Waals surface area contributed by atoms with Gasteiger partial charge in [0.1, 0.15) is 6.61 Å². The molecule has 5 heteroatoms. The van der Waals surface area contributed by atoms with Crippen molar-refractivity contribution in [3.8, 4) is 0 Å². The molecule has 0 amide bonds. The van der Waals surface area contributed by atoms with Crippen LogP contribution >= 0.6 is 8.25 Å². The van der Waals surface area contributed by atoms with E-state index in [1.54, 1.807) is 0 Å². The van der Waals surface area contributed by atoms with E-state index >= 15 is 0 Å². The minimum Gasteiger partial charge on any atom is -0.566 e. The molecule has 0 aliphatic carbocycles. The number of unbranched alkanes of at least 4 members (excludes halogenated alkanes) is 5. The quantitative estimate of drug-likeness (QED) is 0.318. The normalized spacial score (nSPS) is 10.8. The van der Waals surface area contributed by atoms with Gasteiger partial charge in [-0.2, -0.15) is 0 Å². The third kappa shape index (κ3) is 16.3. The van der Waals surface area contributed by atoms with Gasteiger partial charge in [-0.15, -0.1) is 4.52 Å². The Morgan fingerprint density at radius 2 is 1.69 bits per heavy atom. The molecule has 0 aliphatic heterocycles. The van der Waals surface area contributed by atoms with Crippen molar-refractivity contribution in [2.75, 3.05) is 6.61 Å². The van der Waals surface area contributed by atoms with Gasteiger partial charge in [-0.25, -0.2) is 0 Å². The van der Waals surface area contributed by atoms with Gasteiger partial charge >= 0.3 is 59.6 Å². The zero-order valence-electron chi connectivity index (χ0n) is 8.62. The summed E-state index contributed by atoms with van der Waals surface area (Å²) in [6, 6.07) is 0. The van der Waals surface area contributed by atoms with E-state index in [9.17, 15) is 9.46 Å². The average Bonchev–Trinajstić information content (AvgIpc) is 2.02. The fourth-order valence-corrected chi connectivity index (χ4v) is 1.30. The van der Waals surface area contributed by atoms with Gasteiger partial charge in [0.15, 0.2) is 0 Å². The summed E-state index contributed by atoms with van der Waals surface area (Å²) in [5, 5.41) is 0. The van der Waals surface area contributed by atoms with E-state index in [-0.39, 0.29) is 51.4 Å². The standard InChI is InChI=1S/C8H17O3P.K/c1-2-3-4-5-6-7-8-11-12(9)10;/h2-8H2,1H3;/q;+1. The molecule has 0 aromatic carbocycles. The number of hydrogen-bond acceptors (Lipinski definition) is 3. The van der Waals surface area contributed by atoms with Gasteiger partial charge in [0.05, 0.1) is 0 Å². The Labute approximate surface area is 124 Å². The van der Waals surface area contributed by atoms with Crippen LogP contribution in [0.3, 0.4) is 0 Å². The zero-order chi connectivity index (χ0) is 9.23. The van der Waals surface area contributed by atoms with Crippen molar-refractivity contribution in [1.29, 1.82) is 0 Å². The summed E-state index contributed by atoms with van der Waals surface area (Å²) in [5.74, 6) is 0. The summed E-state index contributed by atoms with van der Waals surface area (Å²) in [6.45, 7) is 2.52. The third-order valence-electron chi connectivity index (χ3n) is 1.69. The summed E-state index contributed by atoms with van der Waals surface area (Å²) in [6.07, 6.45) is 6.88. The maximum absolute atomic E-state index is 9.95. The number of rotatable bonds is 8. The van der Waals surface area contributed by atoms with Crippen molar-refractivity contribution in [2.24, 2.45) is 0 Å². The maximum Gasteiger partial charge on any atom is 1.00 e. The van der Waals surface area contributed by atoms with Crippen LogP contribution in [0, 0.1) is 0 Å². The summed E-state index contributed by atoms with van der Waals surface area (Å²) in [5.41, 5.74) is 0. The summed E-state index contributed by atoms with van der Waals surface area (Å²) >= 11 is 0. The van der Waals surface area contributed by atoms with E-state index in [2.05, 4.69) is 11.4 Å². The van der Waals surface area contributed by atoms with Crippen molar-refractivity contribution < 1.29 is 65.4 Å². The third-order valence-corrected chi connectivity index (χ3v) is 2.09. The first-order valence-corrected chi connectivity index (χ1v) is 5.64. The second-order valence-electron chi connectivity index (χ2n) is 2.82. The zero-order valence-corrected chi connectivity index (χ0v) is 12.6. The van der Waals surface area contributed by atoms with Gasteiger partial charge in [0.2, 0.25) is 0 Å². The molecule has 13 heavy (non-hydrogen) atoms. The van der Waals surface area contributed by atoms with E-state index in [1.807, 2.05) is 0 Å². The minimum absolute atomic E-state index is 0. The first-order valence-electron chi connectivity index (χ1n) is 4.54. The molecule has 1 atom stereocenters. The van der Waals surface area contributed by atoms with Crippen LogP contribution in [0.4, 0.5) is 0 Å². The second kappa shape index (κ2) is 13.7. The van der Waals surface area contributed by atoms with Crippen LogP contribution in [-0.2, 0) is 9.09 Å². The molecule has 0 heterocycles. The van der Waals surface area contributed by atoms with Gasteiger partial charge in [-0.05, 0) is 11.0 Å². The summed E-state index contributed by atoms with van der Waals surface area (Å²) < 4.78 is 14.4. The first-order chi connectivity index (χ1) is 5.77. The van der Waals surface area contributed by atoms with E-state index in [4.69, 9.17) is 0 Å². The first kappa shape index (κ1) is 17.1. The molecule has 0 bridgehead atoms. The average molecular weight is 231 g/mol. The Bertz CT molecular complexity index is 122. The van der Waals surface area contributed by atoms with Gasteiger partial charge in [0.25, 0.3) is 0 Å². The Morgan fingerprint density at radius 3 is 2.23 bits per heavy atom. The molecule has 0 aliphatic rings. The van der Waals surface area contributed by atoms with Gasteiger partial charge < -0.3 is 4.89 Å². The van der Waals surface area contributed by atoms with Crippen molar-refractivity contribution in [1.82, 2.24) is 0 Å². The van der Waals surface area contributed by atoms with Crippen LogP contribution in [0.2, 0.25) is 0 Å². The van der Waals surface area contributed by atoms with E-state index < -0.39 is 8.25 Å². The van der Waals surface area contributed by atoms with Crippen molar-refractivity contribution in [3.05, 3.63) is 0 Å². The van der Waals surface area contributed by atoms with Gasteiger partial charge in [0, 0.05) is 0 Å². The van der Waals surface area contributed by atoms with Crippen LogP contribution in [0.25, 0.3) is 0 Å². The molecule has 0 aromatic rings. The summed E-state index contributed by atoms with van der Waals surface area (Å²) in [7, 11) is -2.63. The molecule has 0 rings (SSSR count). The monoisotopic (exact) mass is 231 g/mol. The molecule has 3 nitrogen and oxygen atoms in total. The van der Waals surface area contributed by atoms with Crippen LogP contribution < -0.4 is 56.3 Å². The molecule has 0 fully saturated rings. The largest absolute Gasteiger partial charge is 1.00 e. The molecule has 0 saturated carbocycles. The van der Waals surface area contributed by atoms with Gasteiger partial charge in [-0.3, -0.25) is 0 Å². The molecule has 1 unspecified atom stereocenters. The number of hydrogen-bond donors (Lipinski definition) is 0. The Morgan fingerprint density at radius 1 is 1.15 bits per heavy atom. The smallest absolute Gasteiger partial charge is 0.566 e. The van der Waals surface area contributed by atoms with Crippen molar-refractivity contribution in [3.63, 3.8) is 0 Å². The van der Waals surface area contributed by atoms with E-state index in [0.29, 0.717) is 6.61 Å². The maximum atomic E-state index is 9.95. The second-order valence-corrected chi connectivity index (χ2v) is 3.53. The van der Waals surface area contributed by atoms with Crippen LogP contribution in [0.15, 0.2) is 0 Å². The van der Waals surface area contributed by atoms with Crippen LogP contribution in [0.1, 0.15) is 45.4 Å². The van der Waals surface area contributed by atoms with Crippen molar-refractivity contribution in [2.45, 2.75) is 45.4 Å². The Balaban J connectivity index is 0. The predicted octanol–water partition coefficient (Wildman–Crippen LogP) is -0.615. The molecular formula is C8H17KO3P+. The minimum atomic E-state index is -2.63. The molecule has 0 aromatic heterocycles. The predicted molar refractivity (Wildman–Crippen MR) is 46.9 cm³/mol. The van der Waals surface area contributed by atoms with Crippen LogP contribution in [-0.4, -0.2) is 6.61 Å². The Kier molecular flexibility index (Phi) is 17.9.